The number of hydrogen-bond acceptors (Lipinski definition) is 5. The number of H-pyrrole nitrogens is 1. The molecule has 0 atom stereocenters. The van der Waals surface area contributed by atoms with Crippen molar-refractivity contribution in [2.24, 2.45) is 0 Å². The molecule has 1 aromatic heterocycles. The molecule has 7 nitrogen and oxygen atoms in total. The van der Waals surface area contributed by atoms with Gasteiger partial charge in [-0.25, -0.2) is 5.10 Å². The molecule has 2 N–H and O–H groups in total. The van der Waals surface area contributed by atoms with Gasteiger partial charge in [0.2, 0.25) is 0 Å². The van der Waals surface area contributed by atoms with Gasteiger partial charge in [-0.05, 0) is 35.4 Å². The molecule has 1 aliphatic rings. The predicted octanol–water partition coefficient (Wildman–Crippen LogP) is 4.34. The highest BCUT2D eigenvalue weighted by Crippen LogP contribution is 2.30. The van der Waals surface area contributed by atoms with Crippen LogP contribution >= 0.6 is 11.6 Å². The number of aromatic nitrogens is 2. The topological polar surface area (TPSA) is 87.3 Å². The lowest BCUT2D eigenvalue weighted by Gasteiger charge is -2.31. The van der Waals surface area contributed by atoms with E-state index in [9.17, 15) is 9.59 Å². The van der Waals surface area contributed by atoms with Gasteiger partial charge in [0.25, 0.3) is 11.5 Å². The second-order valence-electron chi connectivity index (χ2n) is 8.42. The van der Waals surface area contributed by atoms with Crippen molar-refractivity contribution < 1.29 is 9.53 Å². The van der Waals surface area contributed by atoms with Crippen LogP contribution in [0.2, 0.25) is 0 Å². The number of nitrogens with zero attached hydrogens (tertiary/aromatic N) is 2. The number of aromatic amines is 1. The van der Waals surface area contributed by atoms with E-state index in [2.05, 4.69) is 20.4 Å². The maximum atomic E-state index is 13.2. The quantitative estimate of drug-likeness (QED) is 0.394. The summed E-state index contributed by atoms with van der Waals surface area (Å²) in [5.41, 5.74) is 4.50. The minimum Gasteiger partial charge on any atom is -0.378 e. The number of halogens is 1. The summed E-state index contributed by atoms with van der Waals surface area (Å²) in [5, 5.41) is 11.4. The number of benzene rings is 3. The van der Waals surface area contributed by atoms with E-state index < -0.39 is 0 Å². The smallest absolute Gasteiger partial charge is 0.272 e. The predicted molar refractivity (Wildman–Crippen MR) is 139 cm³/mol. The number of ether oxygens (including phenoxy) is 1. The normalized spacial score (nSPS) is 13.7. The van der Waals surface area contributed by atoms with Gasteiger partial charge in [0.15, 0.2) is 0 Å². The molecular weight excluding hydrogens is 464 g/mol. The first-order valence-corrected chi connectivity index (χ1v) is 12.0. The van der Waals surface area contributed by atoms with E-state index in [-0.39, 0.29) is 17.3 Å². The highest BCUT2D eigenvalue weighted by Gasteiger charge is 2.19. The first-order chi connectivity index (χ1) is 17.1. The number of hydrogen-bond donors (Lipinski definition) is 2. The van der Waals surface area contributed by atoms with Gasteiger partial charge >= 0.3 is 0 Å². The largest absolute Gasteiger partial charge is 0.378 e. The monoisotopic (exact) mass is 488 g/mol. The van der Waals surface area contributed by atoms with E-state index in [1.807, 2.05) is 54.6 Å². The first-order valence-electron chi connectivity index (χ1n) is 11.5. The Morgan fingerprint density at radius 1 is 1.03 bits per heavy atom. The van der Waals surface area contributed by atoms with Gasteiger partial charge in [-0.1, -0.05) is 42.5 Å². The Bertz CT molecular complexity index is 1430. The average molecular weight is 489 g/mol. The van der Waals surface area contributed by atoms with Crippen LogP contribution in [0.5, 0.6) is 0 Å². The van der Waals surface area contributed by atoms with Gasteiger partial charge in [-0.3, -0.25) is 9.59 Å². The highest BCUT2D eigenvalue weighted by molar-refractivity contribution is 6.18. The summed E-state index contributed by atoms with van der Waals surface area (Å²) in [5.74, 6) is 0.0470. The Hall–Kier alpha value is -3.68. The molecule has 5 rings (SSSR count). The number of carbonyl (C=O) groups excluding carboxylic acids is 1. The zero-order valence-corrected chi connectivity index (χ0v) is 19.8. The van der Waals surface area contributed by atoms with Crippen LogP contribution in [0.4, 0.5) is 11.4 Å². The molecule has 35 heavy (non-hydrogen) atoms. The molecular formula is C27H25ClN4O3. The third kappa shape index (κ3) is 4.92. The number of rotatable bonds is 6. The minimum atomic E-state index is -0.210. The summed E-state index contributed by atoms with van der Waals surface area (Å²) in [6.07, 6.45) is 0.502. The molecule has 0 spiro atoms. The van der Waals surface area contributed by atoms with Gasteiger partial charge in [0.05, 0.1) is 35.7 Å². The third-order valence-corrected chi connectivity index (χ3v) is 6.50. The molecule has 0 saturated carbocycles. The fourth-order valence-electron chi connectivity index (χ4n) is 4.42. The summed E-state index contributed by atoms with van der Waals surface area (Å²) < 4.78 is 5.51. The fourth-order valence-corrected chi connectivity index (χ4v) is 4.65. The summed E-state index contributed by atoms with van der Waals surface area (Å²) in [6.45, 7) is 2.76. The zero-order chi connectivity index (χ0) is 24.2. The summed E-state index contributed by atoms with van der Waals surface area (Å²) in [4.78, 5) is 27.6. The second-order valence-corrected chi connectivity index (χ2v) is 8.68. The number of alkyl halides is 1. The summed E-state index contributed by atoms with van der Waals surface area (Å²) >= 11 is 6.07. The van der Waals surface area contributed by atoms with Gasteiger partial charge in [0.1, 0.15) is 0 Å². The molecule has 0 radical (unpaired) electrons. The molecule has 4 aromatic rings. The van der Waals surface area contributed by atoms with Gasteiger partial charge in [0, 0.05) is 36.3 Å². The van der Waals surface area contributed by atoms with Gasteiger partial charge in [-0.2, -0.15) is 5.10 Å². The highest BCUT2D eigenvalue weighted by atomic mass is 35.5. The lowest BCUT2D eigenvalue weighted by Crippen LogP contribution is -2.36. The maximum absolute atomic E-state index is 13.2. The van der Waals surface area contributed by atoms with E-state index in [1.54, 1.807) is 12.1 Å². The second kappa shape index (κ2) is 10.3. The number of morpholine rings is 1. The van der Waals surface area contributed by atoms with Crippen LogP contribution in [-0.2, 0) is 17.0 Å². The lowest BCUT2D eigenvalue weighted by molar-refractivity contribution is 0.102. The maximum Gasteiger partial charge on any atom is 0.272 e. The molecule has 3 aromatic carbocycles. The van der Waals surface area contributed by atoms with Crippen molar-refractivity contribution in [3.8, 4) is 0 Å². The van der Waals surface area contributed by atoms with E-state index in [4.69, 9.17) is 16.3 Å². The Labute approximate surface area is 207 Å². The number of anilines is 2. The molecule has 1 amide bonds. The molecule has 0 unspecified atom stereocenters. The van der Waals surface area contributed by atoms with Crippen molar-refractivity contribution >= 4 is 39.7 Å². The fraction of sp³-hybridized carbons (Fsp3) is 0.222. The number of carbonyl (C=O) groups is 1. The Morgan fingerprint density at radius 3 is 2.57 bits per heavy atom. The zero-order valence-electron chi connectivity index (χ0n) is 19.1. The van der Waals surface area contributed by atoms with Crippen LogP contribution in [-0.4, -0.2) is 42.4 Å². The first kappa shape index (κ1) is 23.1. The molecule has 0 aliphatic carbocycles. The number of fused-ring (bicyclic) bond motifs is 1. The Morgan fingerprint density at radius 2 is 1.77 bits per heavy atom. The summed E-state index contributed by atoms with van der Waals surface area (Å²) in [6, 6.07) is 20.8. The minimum absolute atomic E-state index is 0.208. The molecule has 2 heterocycles. The van der Waals surface area contributed by atoms with Crippen LogP contribution in [0.3, 0.4) is 0 Å². The van der Waals surface area contributed by atoms with E-state index in [0.717, 1.165) is 41.0 Å². The molecule has 0 bridgehead atoms. The SMILES string of the molecule is O=C(Nc1cc(Cc2n[nH]c(=O)c3ccccc23)ccc1N1CCOCC1)c1ccccc1CCl. The van der Waals surface area contributed by atoms with Crippen molar-refractivity contribution in [1.29, 1.82) is 0 Å². The van der Waals surface area contributed by atoms with Crippen molar-refractivity contribution in [1.82, 2.24) is 10.2 Å². The molecule has 8 heteroatoms. The number of nitrogens with one attached hydrogen (secondary N) is 2. The van der Waals surface area contributed by atoms with Crippen LogP contribution < -0.4 is 15.8 Å². The van der Waals surface area contributed by atoms with Crippen LogP contribution in [0.1, 0.15) is 27.2 Å². The average Bonchev–Trinajstić information content (AvgIpc) is 2.91. The van der Waals surface area contributed by atoms with Crippen molar-refractivity contribution in [3.63, 3.8) is 0 Å². The van der Waals surface area contributed by atoms with Crippen molar-refractivity contribution in [2.45, 2.75) is 12.3 Å². The molecule has 178 valence electrons. The van der Waals surface area contributed by atoms with E-state index in [0.29, 0.717) is 36.3 Å². The van der Waals surface area contributed by atoms with Crippen LogP contribution in [0.25, 0.3) is 10.8 Å². The molecule has 1 saturated heterocycles. The van der Waals surface area contributed by atoms with E-state index in [1.165, 1.54) is 0 Å². The lowest BCUT2D eigenvalue weighted by atomic mass is 10.0. The molecule has 1 aliphatic heterocycles. The van der Waals surface area contributed by atoms with Crippen LogP contribution in [0, 0.1) is 0 Å². The van der Waals surface area contributed by atoms with Crippen LogP contribution in [0.15, 0.2) is 71.5 Å². The van der Waals surface area contributed by atoms with Gasteiger partial charge in [-0.15, -0.1) is 11.6 Å². The Balaban J connectivity index is 1.51. The van der Waals surface area contributed by atoms with Gasteiger partial charge < -0.3 is 15.0 Å². The van der Waals surface area contributed by atoms with Crippen molar-refractivity contribution in [2.75, 3.05) is 36.5 Å². The van der Waals surface area contributed by atoms with Crippen molar-refractivity contribution in [3.05, 3.63) is 99.5 Å². The third-order valence-electron chi connectivity index (χ3n) is 6.21. The Kier molecular flexibility index (Phi) is 6.79. The number of amides is 1. The summed E-state index contributed by atoms with van der Waals surface area (Å²) in [7, 11) is 0. The molecule has 1 fully saturated rings. The van der Waals surface area contributed by atoms with E-state index >= 15 is 0 Å². The standard InChI is InChI=1S/C27H25ClN4O3/c28-17-19-5-1-2-6-20(19)26(33)29-24-16-18(9-10-25(24)32-11-13-35-14-12-32)15-23-21-7-3-4-8-22(21)27(34)31-30-23/h1-10,16H,11-15,17H2,(H,29,33)(H,31,34).